The molecule has 0 atom stereocenters. The highest BCUT2D eigenvalue weighted by Gasteiger charge is 2.27. The maximum Gasteiger partial charge on any atom is 0.255 e. The van der Waals surface area contributed by atoms with Gasteiger partial charge < -0.3 is 0 Å². The molecule has 0 aliphatic carbocycles. The molecule has 10 heteroatoms. The summed E-state index contributed by atoms with van der Waals surface area (Å²) in [6.45, 7) is -0.482. The molecule has 0 heterocycles. The van der Waals surface area contributed by atoms with Gasteiger partial charge >= 0.3 is 0 Å². The van der Waals surface area contributed by atoms with Crippen LogP contribution in [-0.4, -0.2) is 31.4 Å². The van der Waals surface area contributed by atoms with Gasteiger partial charge in [-0.05, 0) is 59.7 Å². The van der Waals surface area contributed by atoms with E-state index < -0.39 is 22.5 Å². The highest BCUT2D eigenvalue weighted by atomic mass is 79.9. The summed E-state index contributed by atoms with van der Waals surface area (Å²) in [5.74, 6) is -0.585. The number of sulfonamides is 1. The van der Waals surface area contributed by atoms with Crippen molar-refractivity contribution in [2.75, 3.05) is 6.54 Å². The topological polar surface area (TPSA) is 78.8 Å². The predicted molar refractivity (Wildman–Crippen MR) is 130 cm³/mol. The van der Waals surface area contributed by atoms with Crippen LogP contribution in [0.25, 0.3) is 0 Å². The standard InChI is InChI=1S/C22H18BrCl2N3O3S/c23-18-6-4-16(5-7-18)13-26-27-22(29)15-28(14-17-2-1-3-20(25)12-17)32(30,31)21-10-8-19(24)9-11-21/h1-13H,14-15H2,(H,27,29)/b26-13-. The summed E-state index contributed by atoms with van der Waals surface area (Å²) in [5.41, 5.74) is 3.79. The zero-order chi connectivity index (χ0) is 23.1. The van der Waals surface area contributed by atoms with Crippen LogP contribution in [0.2, 0.25) is 10.0 Å². The summed E-state index contributed by atoms with van der Waals surface area (Å²) in [6, 6.07) is 19.9. The van der Waals surface area contributed by atoms with Crippen LogP contribution in [0.1, 0.15) is 11.1 Å². The number of carbonyl (C=O) groups is 1. The van der Waals surface area contributed by atoms with Gasteiger partial charge in [0.1, 0.15) is 0 Å². The molecule has 6 nitrogen and oxygen atoms in total. The van der Waals surface area contributed by atoms with E-state index in [9.17, 15) is 13.2 Å². The van der Waals surface area contributed by atoms with E-state index in [-0.39, 0.29) is 11.4 Å². The smallest absolute Gasteiger partial charge is 0.255 e. The van der Waals surface area contributed by atoms with E-state index in [0.29, 0.717) is 15.6 Å². The van der Waals surface area contributed by atoms with E-state index in [4.69, 9.17) is 23.2 Å². The molecule has 0 saturated heterocycles. The Kier molecular flexibility index (Phi) is 8.44. The first kappa shape index (κ1) is 24.4. The van der Waals surface area contributed by atoms with Crippen molar-refractivity contribution in [1.82, 2.24) is 9.73 Å². The van der Waals surface area contributed by atoms with Crippen LogP contribution in [0.5, 0.6) is 0 Å². The zero-order valence-electron chi connectivity index (χ0n) is 16.6. The zero-order valence-corrected chi connectivity index (χ0v) is 20.5. The highest BCUT2D eigenvalue weighted by Crippen LogP contribution is 2.21. The summed E-state index contributed by atoms with van der Waals surface area (Å²) in [4.78, 5) is 12.5. The van der Waals surface area contributed by atoms with Crippen molar-refractivity contribution in [1.29, 1.82) is 0 Å². The van der Waals surface area contributed by atoms with Crippen LogP contribution in [-0.2, 0) is 21.4 Å². The third kappa shape index (κ3) is 6.88. The van der Waals surface area contributed by atoms with Gasteiger partial charge in [0, 0.05) is 21.1 Å². The lowest BCUT2D eigenvalue weighted by atomic mass is 10.2. The van der Waals surface area contributed by atoms with Crippen molar-refractivity contribution in [3.63, 3.8) is 0 Å². The van der Waals surface area contributed by atoms with E-state index in [0.717, 1.165) is 14.3 Å². The average molecular weight is 555 g/mol. The van der Waals surface area contributed by atoms with Crippen LogP contribution in [0.4, 0.5) is 0 Å². The lowest BCUT2D eigenvalue weighted by Gasteiger charge is -2.21. The minimum Gasteiger partial charge on any atom is -0.272 e. The Morgan fingerprint density at radius 2 is 1.69 bits per heavy atom. The predicted octanol–water partition coefficient (Wildman–Crippen LogP) is 5.10. The molecule has 0 aliphatic heterocycles. The first-order valence-corrected chi connectivity index (χ1v) is 12.3. The number of hydrogen-bond donors (Lipinski definition) is 1. The Morgan fingerprint density at radius 3 is 2.34 bits per heavy atom. The summed E-state index contributed by atoms with van der Waals surface area (Å²) in [6.07, 6.45) is 1.47. The third-order valence-corrected chi connectivity index (χ3v) is 7.11. The number of benzene rings is 3. The van der Waals surface area contributed by atoms with Gasteiger partial charge in [0.15, 0.2) is 0 Å². The molecule has 0 bridgehead atoms. The number of amides is 1. The molecule has 0 unspecified atom stereocenters. The van der Waals surface area contributed by atoms with Crippen LogP contribution >= 0.6 is 39.1 Å². The van der Waals surface area contributed by atoms with Gasteiger partial charge in [0.2, 0.25) is 10.0 Å². The van der Waals surface area contributed by atoms with Gasteiger partial charge in [-0.3, -0.25) is 4.79 Å². The Bertz CT molecular complexity index is 1220. The Labute approximate surface area is 205 Å². The molecule has 0 radical (unpaired) electrons. The Hall–Kier alpha value is -2.23. The number of hydrogen-bond acceptors (Lipinski definition) is 4. The summed E-state index contributed by atoms with van der Waals surface area (Å²) < 4.78 is 28.4. The number of carbonyl (C=O) groups excluding carboxylic acids is 1. The molecule has 3 aromatic rings. The molecule has 0 aliphatic rings. The van der Waals surface area contributed by atoms with Gasteiger partial charge in [-0.2, -0.15) is 9.41 Å². The molecule has 1 amide bonds. The van der Waals surface area contributed by atoms with E-state index in [1.54, 1.807) is 24.3 Å². The highest BCUT2D eigenvalue weighted by molar-refractivity contribution is 9.10. The molecule has 0 aromatic heterocycles. The number of nitrogens with one attached hydrogen (secondary N) is 1. The fourth-order valence-electron chi connectivity index (χ4n) is 2.74. The van der Waals surface area contributed by atoms with Crippen molar-refractivity contribution in [3.8, 4) is 0 Å². The van der Waals surface area contributed by atoms with E-state index in [1.165, 1.54) is 30.5 Å². The van der Waals surface area contributed by atoms with E-state index >= 15 is 0 Å². The van der Waals surface area contributed by atoms with Crippen LogP contribution < -0.4 is 5.43 Å². The lowest BCUT2D eigenvalue weighted by Crippen LogP contribution is -2.39. The van der Waals surface area contributed by atoms with Crippen molar-refractivity contribution in [2.45, 2.75) is 11.4 Å². The maximum atomic E-state index is 13.2. The van der Waals surface area contributed by atoms with Gasteiger partial charge in [0.05, 0.1) is 17.7 Å². The number of halogens is 3. The second-order valence-electron chi connectivity index (χ2n) is 6.70. The summed E-state index contributed by atoms with van der Waals surface area (Å²) in [5, 5.41) is 4.79. The normalized spacial score (nSPS) is 11.8. The lowest BCUT2D eigenvalue weighted by molar-refractivity contribution is -0.121. The van der Waals surface area contributed by atoms with Crippen molar-refractivity contribution in [2.24, 2.45) is 5.10 Å². The van der Waals surface area contributed by atoms with Crippen LogP contribution in [0, 0.1) is 0 Å². The first-order chi connectivity index (χ1) is 15.2. The molecule has 0 fully saturated rings. The number of hydrazone groups is 1. The first-order valence-electron chi connectivity index (χ1n) is 9.32. The van der Waals surface area contributed by atoms with Gasteiger partial charge in [0.25, 0.3) is 5.91 Å². The quantitative estimate of drug-likeness (QED) is 0.311. The molecule has 166 valence electrons. The molecule has 3 aromatic carbocycles. The van der Waals surface area contributed by atoms with Crippen LogP contribution in [0.15, 0.2) is 87.3 Å². The second-order valence-corrected chi connectivity index (χ2v) is 10.4. The fraction of sp³-hybridized carbons (Fsp3) is 0.0909. The van der Waals surface area contributed by atoms with Crippen molar-refractivity contribution >= 4 is 61.3 Å². The largest absolute Gasteiger partial charge is 0.272 e. The number of rotatable bonds is 8. The molecule has 32 heavy (non-hydrogen) atoms. The summed E-state index contributed by atoms with van der Waals surface area (Å²) in [7, 11) is -3.99. The molecule has 0 saturated carbocycles. The Balaban J connectivity index is 1.79. The molecule has 1 N–H and O–H groups in total. The molecule has 3 rings (SSSR count). The van der Waals surface area contributed by atoms with E-state index in [2.05, 4.69) is 26.5 Å². The monoisotopic (exact) mass is 553 g/mol. The number of nitrogens with zero attached hydrogens (tertiary/aromatic N) is 2. The van der Waals surface area contributed by atoms with Gasteiger partial charge in [-0.25, -0.2) is 13.8 Å². The van der Waals surface area contributed by atoms with E-state index in [1.807, 2.05) is 24.3 Å². The molecular weight excluding hydrogens is 537 g/mol. The molecular formula is C22H18BrCl2N3O3S. The second kappa shape index (κ2) is 11.1. The Morgan fingerprint density at radius 1 is 1.00 bits per heavy atom. The minimum atomic E-state index is -3.99. The molecule has 0 spiro atoms. The van der Waals surface area contributed by atoms with Crippen molar-refractivity contribution < 1.29 is 13.2 Å². The van der Waals surface area contributed by atoms with Crippen molar-refractivity contribution in [3.05, 3.63) is 98.4 Å². The average Bonchev–Trinajstić information content (AvgIpc) is 2.75. The maximum absolute atomic E-state index is 13.2. The SMILES string of the molecule is O=C(CN(Cc1cccc(Cl)c1)S(=O)(=O)c1ccc(Cl)cc1)N/N=C\c1ccc(Br)cc1. The fourth-order valence-corrected chi connectivity index (χ4v) is 4.73. The summed E-state index contributed by atoms with van der Waals surface area (Å²) >= 11 is 15.3. The van der Waals surface area contributed by atoms with Gasteiger partial charge in [-0.1, -0.05) is 63.4 Å². The minimum absolute atomic E-state index is 0.0232. The van der Waals surface area contributed by atoms with Crippen LogP contribution in [0.3, 0.4) is 0 Å². The third-order valence-electron chi connectivity index (χ3n) is 4.29. The van der Waals surface area contributed by atoms with Gasteiger partial charge in [-0.15, -0.1) is 0 Å².